The molecule has 35 heavy (non-hydrogen) atoms. The second-order valence-corrected chi connectivity index (χ2v) is 8.33. The zero-order valence-electron chi connectivity index (χ0n) is 18.6. The summed E-state index contributed by atoms with van der Waals surface area (Å²) < 4.78 is 59.8. The number of hydrogen-bond donors (Lipinski definition) is 0. The molecule has 5 nitrogen and oxygen atoms in total. The molecule has 180 valence electrons. The molecule has 0 saturated carbocycles. The molecule has 0 atom stereocenters. The number of carbonyl (C=O) groups excluding carboxylic acids is 1. The number of fused-ring (bicyclic) bond motifs is 2. The van der Waals surface area contributed by atoms with Crippen LogP contribution < -0.4 is 4.74 Å². The topological polar surface area (TPSA) is 45.1 Å². The van der Waals surface area contributed by atoms with Crippen molar-refractivity contribution in [1.29, 1.82) is 0 Å². The van der Waals surface area contributed by atoms with Crippen LogP contribution in [0.15, 0.2) is 71.7 Å². The Morgan fingerprint density at radius 3 is 2.46 bits per heavy atom. The second kappa shape index (κ2) is 9.05. The number of hydrogen-bond acceptors (Lipinski definition) is 4. The minimum absolute atomic E-state index is 0.0217. The van der Waals surface area contributed by atoms with Crippen LogP contribution >= 0.6 is 0 Å². The molecule has 0 spiro atoms. The summed E-state index contributed by atoms with van der Waals surface area (Å²) >= 11 is 0. The largest absolute Gasteiger partial charge is 0.454 e. The highest BCUT2D eigenvalue weighted by molar-refractivity contribution is 6.04. The van der Waals surface area contributed by atoms with Crippen molar-refractivity contribution < 1.29 is 27.1 Å². The van der Waals surface area contributed by atoms with Crippen molar-refractivity contribution in [2.45, 2.75) is 12.6 Å². The smallest absolute Gasteiger partial charge is 0.416 e. The van der Waals surface area contributed by atoms with Crippen molar-refractivity contribution >= 4 is 17.4 Å². The Balaban J connectivity index is 1.46. The summed E-state index contributed by atoms with van der Waals surface area (Å²) in [6.45, 7) is 1.77. The van der Waals surface area contributed by atoms with Crippen molar-refractivity contribution in [3.05, 3.63) is 89.2 Å². The zero-order valence-corrected chi connectivity index (χ0v) is 18.6. The van der Waals surface area contributed by atoms with E-state index in [1.807, 2.05) is 4.90 Å². The van der Waals surface area contributed by atoms with Crippen LogP contribution in [0.3, 0.4) is 0 Å². The minimum Gasteiger partial charge on any atom is -0.454 e. The monoisotopic (exact) mass is 483 g/mol. The number of amidine groups is 1. The quantitative estimate of drug-likeness (QED) is 0.407. The number of nitrogens with zero attached hydrogens (tertiary/aromatic N) is 3. The van der Waals surface area contributed by atoms with E-state index in [9.17, 15) is 22.4 Å². The van der Waals surface area contributed by atoms with Crippen LogP contribution in [0, 0.1) is 5.82 Å². The molecule has 0 bridgehead atoms. The van der Waals surface area contributed by atoms with E-state index in [1.54, 1.807) is 35.2 Å². The maximum atomic E-state index is 14.2. The minimum atomic E-state index is -4.50. The van der Waals surface area contributed by atoms with Crippen molar-refractivity contribution in [1.82, 2.24) is 9.80 Å². The van der Waals surface area contributed by atoms with Gasteiger partial charge in [-0.15, -0.1) is 0 Å². The Hall–Kier alpha value is -3.88. The number of alkyl halides is 3. The van der Waals surface area contributed by atoms with Crippen LogP contribution in [0.25, 0.3) is 0 Å². The molecule has 5 rings (SSSR count). The molecule has 1 amide bonds. The van der Waals surface area contributed by atoms with E-state index in [4.69, 9.17) is 9.73 Å². The predicted octanol–water partition coefficient (Wildman–Crippen LogP) is 5.88. The number of halogens is 4. The molecule has 3 aromatic carbocycles. The number of carbonyl (C=O) groups is 1. The van der Waals surface area contributed by atoms with E-state index in [1.165, 1.54) is 24.3 Å². The van der Waals surface area contributed by atoms with Crippen LogP contribution in [0.4, 0.5) is 23.2 Å². The molecular weight excluding hydrogens is 462 g/mol. The van der Waals surface area contributed by atoms with Crippen LogP contribution in [-0.2, 0) is 6.18 Å². The Kier molecular flexibility index (Phi) is 5.92. The maximum Gasteiger partial charge on any atom is 0.416 e. The number of ether oxygens (including phenoxy) is 1. The van der Waals surface area contributed by atoms with Gasteiger partial charge in [0.1, 0.15) is 23.1 Å². The molecule has 3 aromatic rings. The molecule has 2 aliphatic rings. The van der Waals surface area contributed by atoms with Gasteiger partial charge in [-0.2, -0.15) is 13.2 Å². The summed E-state index contributed by atoms with van der Waals surface area (Å²) in [6.07, 6.45) is -3.89. The molecule has 0 unspecified atom stereocenters. The van der Waals surface area contributed by atoms with Gasteiger partial charge in [0.15, 0.2) is 5.75 Å². The number of rotatable bonds is 1. The van der Waals surface area contributed by atoms with E-state index in [0.717, 1.165) is 12.1 Å². The SMILES string of the molecule is O=C(c1ccccc1F)N1CCCN(C2=Nc3ccc(C(F)(F)F)cc3Oc3ccccc32)CC1. The lowest BCUT2D eigenvalue weighted by Gasteiger charge is -2.25. The van der Waals surface area contributed by atoms with Gasteiger partial charge < -0.3 is 14.5 Å². The summed E-state index contributed by atoms with van der Waals surface area (Å²) in [5.41, 5.74) is 0.143. The van der Waals surface area contributed by atoms with Crippen molar-refractivity contribution in [3.8, 4) is 11.5 Å². The van der Waals surface area contributed by atoms with Gasteiger partial charge in [-0.05, 0) is 48.9 Å². The first-order valence-electron chi connectivity index (χ1n) is 11.2. The lowest BCUT2D eigenvalue weighted by atomic mass is 10.1. The van der Waals surface area contributed by atoms with Crippen LogP contribution in [-0.4, -0.2) is 47.7 Å². The summed E-state index contributed by atoms with van der Waals surface area (Å²) in [7, 11) is 0. The molecule has 0 aliphatic carbocycles. The van der Waals surface area contributed by atoms with Gasteiger partial charge in [-0.25, -0.2) is 9.38 Å². The Bertz CT molecular complexity index is 1310. The van der Waals surface area contributed by atoms with Gasteiger partial charge in [0.25, 0.3) is 5.91 Å². The molecular formula is C26H21F4N3O2. The molecule has 0 aromatic heterocycles. The predicted molar refractivity (Wildman–Crippen MR) is 123 cm³/mol. The fourth-order valence-electron chi connectivity index (χ4n) is 4.28. The van der Waals surface area contributed by atoms with Crippen LogP contribution in [0.5, 0.6) is 11.5 Å². The summed E-state index contributed by atoms with van der Waals surface area (Å²) in [4.78, 5) is 21.2. The van der Waals surface area contributed by atoms with Crippen molar-refractivity contribution in [2.24, 2.45) is 4.99 Å². The third-order valence-corrected chi connectivity index (χ3v) is 6.05. The van der Waals surface area contributed by atoms with Gasteiger partial charge in [0.05, 0.1) is 16.7 Å². The maximum absolute atomic E-state index is 14.2. The van der Waals surface area contributed by atoms with Gasteiger partial charge >= 0.3 is 6.18 Å². The summed E-state index contributed by atoms with van der Waals surface area (Å²) in [6, 6.07) is 16.2. The fraction of sp³-hybridized carbons (Fsp3) is 0.231. The standard InChI is InChI=1S/C26H21F4N3O2/c27-20-8-3-1-6-18(20)25(34)33-13-5-12-32(14-15-33)24-19-7-2-4-9-22(19)35-23-16-17(26(28,29)30)10-11-21(23)31-24/h1-4,6-11,16H,5,12-15H2. The van der Waals surface area contributed by atoms with Crippen LogP contribution in [0.1, 0.15) is 27.9 Å². The lowest BCUT2D eigenvalue weighted by molar-refractivity contribution is -0.137. The summed E-state index contributed by atoms with van der Waals surface area (Å²) in [5.74, 6) is 0.0368. The molecule has 1 saturated heterocycles. The van der Waals surface area contributed by atoms with Crippen molar-refractivity contribution in [3.63, 3.8) is 0 Å². The van der Waals surface area contributed by atoms with E-state index in [0.29, 0.717) is 49.7 Å². The van der Waals surface area contributed by atoms with Gasteiger partial charge in [-0.1, -0.05) is 24.3 Å². The number of aliphatic imine (C=N–C) groups is 1. The summed E-state index contributed by atoms with van der Waals surface area (Å²) in [5, 5.41) is 0. The molecule has 0 N–H and O–H groups in total. The van der Waals surface area contributed by atoms with Crippen molar-refractivity contribution in [2.75, 3.05) is 26.2 Å². The van der Waals surface area contributed by atoms with Gasteiger partial charge in [0, 0.05) is 26.2 Å². The Morgan fingerprint density at radius 1 is 0.886 bits per heavy atom. The number of benzene rings is 3. The first-order valence-corrected chi connectivity index (χ1v) is 11.2. The van der Waals surface area contributed by atoms with Crippen LogP contribution in [0.2, 0.25) is 0 Å². The Labute approximate surface area is 199 Å². The third kappa shape index (κ3) is 4.58. The lowest BCUT2D eigenvalue weighted by Crippen LogP contribution is -2.38. The first-order chi connectivity index (χ1) is 16.8. The highest BCUT2D eigenvalue weighted by Crippen LogP contribution is 2.41. The average Bonchev–Trinajstić information content (AvgIpc) is 3.18. The molecule has 1 fully saturated rings. The third-order valence-electron chi connectivity index (χ3n) is 6.05. The molecule has 2 aliphatic heterocycles. The average molecular weight is 483 g/mol. The molecule has 2 heterocycles. The molecule has 0 radical (unpaired) electrons. The molecule has 9 heteroatoms. The van der Waals surface area contributed by atoms with E-state index in [2.05, 4.69) is 0 Å². The van der Waals surface area contributed by atoms with Gasteiger partial charge in [-0.3, -0.25) is 4.79 Å². The first kappa shape index (κ1) is 22.9. The Morgan fingerprint density at radius 2 is 1.66 bits per heavy atom. The van der Waals surface area contributed by atoms with E-state index in [-0.39, 0.29) is 22.9 Å². The zero-order chi connectivity index (χ0) is 24.6. The normalized spacial score (nSPS) is 15.8. The highest BCUT2D eigenvalue weighted by Gasteiger charge is 2.33. The second-order valence-electron chi connectivity index (χ2n) is 8.33. The number of amides is 1. The van der Waals surface area contributed by atoms with E-state index < -0.39 is 17.6 Å². The van der Waals surface area contributed by atoms with Gasteiger partial charge in [0.2, 0.25) is 0 Å². The fourth-order valence-corrected chi connectivity index (χ4v) is 4.28. The van der Waals surface area contributed by atoms with E-state index >= 15 is 0 Å². The number of para-hydroxylation sites is 1. The highest BCUT2D eigenvalue weighted by atomic mass is 19.4.